The number of hydrogen-bond donors (Lipinski definition) is 2. The van der Waals surface area contributed by atoms with Gasteiger partial charge in [0.05, 0.1) is 23.3 Å². The molecule has 1 saturated heterocycles. The Morgan fingerprint density at radius 2 is 2.00 bits per heavy atom. The van der Waals surface area contributed by atoms with E-state index in [-0.39, 0.29) is 55.9 Å². The summed E-state index contributed by atoms with van der Waals surface area (Å²) in [4.78, 5) is 40.0. The third-order valence-electron chi connectivity index (χ3n) is 7.80. The number of halogens is 2. The zero-order valence-electron chi connectivity index (χ0n) is 20.0. The number of fused-ring (bicyclic) bond motifs is 1. The lowest BCUT2D eigenvalue weighted by Crippen LogP contribution is -2.42. The summed E-state index contributed by atoms with van der Waals surface area (Å²) in [5, 5.41) is 2.56. The van der Waals surface area contributed by atoms with E-state index in [9.17, 15) is 27.2 Å². The van der Waals surface area contributed by atoms with E-state index in [2.05, 4.69) is 10.0 Å². The van der Waals surface area contributed by atoms with Gasteiger partial charge in [-0.25, -0.2) is 17.6 Å². The van der Waals surface area contributed by atoms with E-state index >= 15 is 0 Å². The van der Waals surface area contributed by atoms with Crippen molar-refractivity contribution in [3.05, 3.63) is 35.1 Å². The molecule has 12 heteroatoms. The number of hydrogen-bond acceptors (Lipinski definition) is 7. The Labute approximate surface area is 216 Å². The zero-order chi connectivity index (χ0) is 25.0. The van der Waals surface area contributed by atoms with E-state index in [0.717, 1.165) is 5.56 Å². The van der Waals surface area contributed by atoms with E-state index in [1.54, 1.807) is 12.1 Å². The average molecular weight is 544 g/mol. The van der Waals surface area contributed by atoms with Crippen LogP contribution in [0.1, 0.15) is 56.6 Å². The third kappa shape index (κ3) is 5.10. The smallest absolute Gasteiger partial charge is 0.410 e. The predicted octanol–water partition coefficient (Wildman–Crippen LogP) is 2.41. The molecule has 1 aromatic carbocycles. The molecule has 0 aromatic heterocycles. The van der Waals surface area contributed by atoms with Crippen LogP contribution in [0.3, 0.4) is 0 Å². The summed E-state index contributed by atoms with van der Waals surface area (Å²) in [6, 6.07) is 4.17. The van der Waals surface area contributed by atoms with Crippen LogP contribution in [0.2, 0.25) is 0 Å². The highest BCUT2D eigenvalue weighted by Gasteiger charge is 2.61. The predicted molar refractivity (Wildman–Crippen MR) is 130 cm³/mol. The maximum atomic E-state index is 14.0. The summed E-state index contributed by atoms with van der Waals surface area (Å²) in [7, 11) is -3.68. The van der Waals surface area contributed by atoms with E-state index < -0.39 is 44.8 Å². The Hall–Kier alpha value is -2.24. The maximum Gasteiger partial charge on any atom is 0.410 e. The summed E-state index contributed by atoms with van der Waals surface area (Å²) in [6.07, 6.45) is 1.42. The molecular formula is C24H31ClFN3O6S. The monoisotopic (exact) mass is 543 g/mol. The van der Waals surface area contributed by atoms with Gasteiger partial charge in [-0.2, -0.15) is 0 Å². The molecule has 2 saturated carbocycles. The van der Waals surface area contributed by atoms with Gasteiger partial charge in [-0.1, -0.05) is 25.5 Å². The van der Waals surface area contributed by atoms with E-state index in [1.165, 1.54) is 11.0 Å². The fourth-order valence-corrected chi connectivity index (χ4v) is 6.77. The molecule has 0 radical (unpaired) electrons. The first kappa shape index (κ1) is 26.8. The van der Waals surface area contributed by atoms with Crippen LogP contribution in [-0.4, -0.2) is 55.0 Å². The number of amides is 2. The molecular weight excluding hydrogens is 513 g/mol. The first-order valence-corrected chi connectivity index (χ1v) is 13.7. The molecule has 5 rings (SSSR count). The van der Waals surface area contributed by atoms with Crippen molar-refractivity contribution in [2.75, 3.05) is 6.54 Å². The minimum absolute atomic E-state index is 0. The first-order valence-electron chi connectivity index (χ1n) is 12.2. The van der Waals surface area contributed by atoms with Gasteiger partial charge in [0.25, 0.3) is 0 Å². The second-order valence-electron chi connectivity index (χ2n) is 10.2. The fraction of sp³-hybridized carbons (Fsp3) is 0.625. The lowest BCUT2D eigenvalue weighted by molar-refractivity contribution is -0.131. The topological polar surface area (TPSA) is 122 Å². The van der Waals surface area contributed by atoms with Gasteiger partial charge < -0.3 is 10.1 Å². The number of carbonyl (C=O) groups excluding carboxylic acids is 3. The molecule has 198 valence electrons. The molecule has 2 aliphatic carbocycles. The quantitative estimate of drug-likeness (QED) is 0.516. The van der Waals surface area contributed by atoms with Gasteiger partial charge in [-0.3, -0.25) is 19.2 Å². The number of carbonyl (C=O) groups is 3. The Balaban J connectivity index is 0.00000304. The van der Waals surface area contributed by atoms with Crippen LogP contribution in [0.4, 0.5) is 9.18 Å². The van der Waals surface area contributed by atoms with E-state index in [4.69, 9.17) is 4.74 Å². The normalized spacial score (nSPS) is 28.7. The molecule has 4 aliphatic rings. The highest BCUT2D eigenvalue weighted by molar-refractivity contribution is 7.90. The molecule has 3 fully saturated rings. The molecule has 1 aromatic rings. The summed E-state index contributed by atoms with van der Waals surface area (Å²) in [5.74, 6) is -1.15. The number of nitrogens with one attached hydrogen (secondary N) is 2. The van der Waals surface area contributed by atoms with Crippen molar-refractivity contribution < 1.29 is 31.9 Å². The summed E-state index contributed by atoms with van der Waals surface area (Å²) in [6.45, 7) is 2.63. The number of rotatable bonds is 8. The van der Waals surface area contributed by atoms with Crippen molar-refractivity contribution >= 4 is 40.2 Å². The van der Waals surface area contributed by atoms with Crippen LogP contribution in [0.5, 0.6) is 0 Å². The second-order valence-corrected chi connectivity index (χ2v) is 12.2. The minimum Gasteiger partial charge on any atom is -0.445 e. The molecule has 2 aliphatic heterocycles. The Bertz CT molecular complexity index is 1180. The Morgan fingerprint density at radius 3 is 2.64 bits per heavy atom. The number of ketones is 1. The lowest BCUT2D eigenvalue weighted by atomic mass is 9.91. The third-order valence-corrected chi connectivity index (χ3v) is 9.61. The van der Waals surface area contributed by atoms with Crippen LogP contribution < -0.4 is 10.0 Å². The van der Waals surface area contributed by atoms with Crippen molar-refractivity contribution in [1.82, 2.24) is 14.9 Å². The molecule has 4 atom stereocenters. The standard InChI is InChI=1S/C24H30FN3O6S.ClH/c1-2-15-9-24(15,22(30)27-35(32,33)17-6-7-17)10-21(29)20-8-16(11-26-20)34-23(31)28-12-14-4-3-5-19(25)18(14)13-28;/h3-5,15-17,20,26H,2,6-13H2,1H3,(H,27,30);1H/t15-,16-,20+,24-;/m1./s1. The van der Waals surface area contributed by atoms with Crippen molar-refractivity contribution in [2.24, 2.45) is 11.3 Å². The zero-order valence-corrected chi connectivity index (χ0v) is 21.6. The largest absolute Gasteiger partial charge is 0.445 e. The van der Waals surface area contributed by atoms with Crippen LogP contribution in [0.15, 0.2) is 18.2 Å². The van der Waals surface area contributed by atoms with Gasteiger partial charge >= 0.3 is 6.09 Å². The van der Waals surface area contributed by atoms with Crippen LogP contribution >= 0.6 is 12.4 Å². The molecule has 0 spiro atoms. The summed E-state index contributed by atoms with van der Waals surface area (Å²) in [5.41, 5.74) is 0.251. The van der Waals surface area contributed by atoms with Crippen molar-refractivity contribution in [2.45, 2.75) is 75.9 Å². The average Bonchev–Trinajstić information content (AvgIpc) is 3.69. The number of nitrogens with zero attached hydrogens (tertiary/aromatic N) is 1. The highest BCUT2D eigenvalue weighted by atomic mass is 35.5. The molecule has 0 bridgehead atoms. The van der Waals surface area contributed by atoms with Crippen molar-refractivity contribution in [1.29, 1.82) is 0 Å². The Kier molecular flexibility index (Phi) is 7.38. The van der Waals surface area contributed by atoms with Gasteiger partial charge in [0.1, 0.15) is 11.9 Å². The summed E-state index contributed by atoms with van der Waals surface area (Å²) < 4.78 is 46.3. The van der Waals surface area contributed by atoms with Crippen LogP contribution in [-0.2, 0) is 37.4 Å². The molecule has 0 unspecified atom stereocenters. The second kappa shape index (κ2) is 9.90. The molecule has 2 amide bonds. The summed E-state index contributed by atoms with van der Waals surface area (Å²) >= 11 is 0. The Morgan fingerprint density at radius 1 is 1.25 bits per heavy atom. The SMILES string of the molecule is CC[C@@H]1C[C@]1(CC(=O)[C@@H]1C[C@@H](OC(=O)N2Cc3cccc(F)c3C2)CN1)C(=O)NS(=O)(=O)C1CC1.Cl. The van der Waals surface area contributed by atoms with E-state index in [1.807, 2.05) is 6.92 Å². The first-order chi connectivity index (χ1) is 16.6. The van der Waals surface area contributed by atoms with Crippen LogP contribution in [0, 0.1) is 17.2 Å². The molecule has 36 heavy (non-hydrogen) atoms. The minimum atomic E-state index is -3.68. The van der Waals surface area contributed by atoms with Crippen LogP contribution in [0.25, 0.3) is 0 Å². The number of ether oxygens (including phenoxy) is 1. The highest BCUT2D eigenvalue weighted by Crippen LogP contribution is 2.57. The number of sulfonamides is 1. The van der Waals surface area contributed by atoms with Gasteiger partial charge in [0.15, 0.2) is 5.78 Å². The number of Topliss-reactive ketones (excluding diaryl/α,β-unsaturated/α-hetero) is 1. The van der Waals surface area contributed by atoms with Crippen molar-refractivity contribution in [3.63, 3.8) is 0 Å². The van der Waals surface area contributed by atoms with Gasteiger partial charge in [0.2, 0.25) is 15.9 Å². The van der Waals surface area contributed by atoms with Gasteiger partial charge in [0, 0.05) is 31.5 Å². The number of benzene rings is 1. The lowest BCUT2D eigenvalue weighted by Gasteiger charge is -2.20. The van der Waals surface area contributed by atoms with Gasteiger partial charge in [-0.05, 0) is 36.8 Å². The van der Waals surface area contributed by atoms with Crippen molar-refractivity contribution in [3.8, 4) is 0 Å². The molecule has 2 N–H and O–H groups in total. The molecule has 9 nitrogen and oxygen atoms in total. The molecule has 2 heterocycles. The fourth-order valence-electron chi connectivity index (χ4n) is 5.38. The maximum absolute atomic E-state index is 14.0. The van der Waals surface area contributed by atoms with E-state index in [0.29, 0.717) is 37.8 Å². The van der Waals surface area contributed by atoms with Gasteiger partial charge in [-0.15, -0.1) is 12.4 Å².